The Kier molecular flexibility index (Phi) is 5.37. The first-order chi connectivity index (χ1) is 10.0. The molecule has 0 aliphatic carbocycles. The third-order valence-corrected chi connectivity index (χ3v) is 4.34. The lowest BCUT2D eigenvalue weighted by atomic mass is 9.98. The summed E-state index contributed by atoms with van der Waals surface area (Å²) in [5.74, 6) is 0.798. The van der Waals surface area contributed by atoms with E-state index >= 15 is 0 Å². The van der Waals surface area contributed by atoms with E-state index in [1.165, 1.54) is 11.1 Å². The van der Waals surface area contributed by atoms with Crippen molar-refractivity contribution in [2.45, 2.75) is 32.9 Å². The third-order valence-electron chi connectivity index (χ3n) is 3.26. The standard InChI is InChI=1S/C17H21BrN2O/c1-11(2)21-14-8-13(9-20-10-14)17(19-4)15-7-5-6-12(3)16(15)18/h5-11,17,19H,1-4H3. The van der Waals surface area contributed by atoms with Crippen molar-refractivity contribution in [2.24, 2.45) is 0 Å². The minimum atomic E-state index is 0.0717. The highest BCUT2D eigenvalue weighted by Gasteiger charge is 2.17. The van der Waals surface area contributed by atoms with Crippen LogP contribution in [0.3, 0.4) is 0 Å². The van der Waals surface area contributed by atoms with Gasteiger partial charge in [0.15, 0.2) is 0 Å². The van der Waals surface area contributed by atoms with E-state index in [9.17, 15) is 0 Å². The van der Waals surface area contributed by atoms with Crippen LogP contribution in [0.4, 0.5) is 0 Å². The normalized spacial score (nSPS) is 12.5. The highest BCUT2D eigenvalue weighted by Crippen LogP contribution is 2.31. The Morgan fingerprint density at radius 1 is 1.24 bits per heavy atom. The number of aryl methyl sites for hydroxylation is 1. The van der Waals surface area contributed by atoms with E-state index in [2.05, 4.69) is 51.4 Å². The molecule has 0 radical (unpaired) electrons. The molecule has 112 valence electrons. The molecule has 3 nitrogen and oxygen atoms in total. The van der Waals surface area contributed by atoms with Gasteiger partial charge < -0.3 is 10.1 Å². The second-order valence-electron chi connectivity index (χ2n) is 5.32. The Morgan fingerprint density at radius 2 is 2.00 bits per heavy atom. The molecule has 2 aromatic rings. The molecule has 1 aromatic heterocycles. The number of ether oxygens (including phenoxy) is 1. The Labute approximate surface area is 134 Å². The summed E-state index contributed by atoms with van der Waals surface area (Å²) in [5.41, 5.74) is 3.50. The molecule has 1 heterocycles. The summed E-state index contributed by atoms with van der Waals surface area (Å²) < 4.78 is 6.86. The number of aromatic nitrogens is 1. The van der Waals surface area contributed by atoms with Crippen LogP contribution < -0.4 is 10.1 Å². The molecule has 0 saturated heterocycles. The Bertz CT molecular complexity index is 613. The van der Waals surface area contributed by atoms with Crippen molar-refractivity contribution in [1.29, 1.82) is 0 Å². The number of hydrogen-bond acceptors (Lipinski definition) is 3. The van der Waals surface area contributed by atoms with Gasteiger partial charge in [-0.3, -0.25) is 4.98 Å². The molecule has 0 bridgehead atoms. The van der Waals surface area contributed by atoms with E-state index in [0.29, 0.717) is 0 Å². The van der Waals surface area contributed by atoms with Gasteiger partial charge in [-0.15, -0.1) is 0 Å². The van der Waals surface area contributed by atoms with Crippen molar-refractivity contribution >= 4 is 15.9 Å². The summed E-state index contributed by atoms with van der Waals surface area (Å²) in [7, 11) is 1.95. The quantitative estimate of drug-likeness (QED) is 0.876. The molecule has 0 amide bonds. The molecule has 1 aromatic carbocycles. The minimum Gasteiger partial charge on any atom is -0.489 e. The summed E-state index contributed by atoms with van der Waals surface area (Å²) in [6.07, 6.45) is 3.77. The van der Waals surface area contributed by atoms with Gasteiger partial charge in [0.1, 0.15) is 5.75 Å². The Hall–Kier alpha value is -1.39. The monoisotopic (exact) mass is 348 g/mol. The molecule has 2 rings (SSSR count). The maximum Gasteiger partial charge on any atom is 0.138 e. The summed E-state index contributed by atoms with van der Waals surface area (Å²) in [6, 6.07) is 8.40. The predicted octanol–water partition coefficient (Wildman–Crippen LogP) is 4.25. The van der Waals surface area contributed by atoms with Crippen molar-refractivity contribution in [1.82, 2.24) is 10.3 Å². The van der Waals surface area contributed by atoms with E-state index in [-0.39, 0.29) is 12.1 Å². The van der Waals surface area contributed by atoms with E-state index < -0.39 is 0 Å². The lowest BCUT2D eigenvalue weighted by Crippen LogP contribution is -2.19. The first-order valence-corrected chi connectivity index (χ1v) is 7.86. The number of benzene rings is 1. The van der Waals surface area contributed by atoms with Crippen molar-refractivity contribution in [3.63, 3.8) is 0 Å². The number of nitrogens with one attached hydrogen (secondary N) is 1. The van der Waals surface area contributed by atoms with Crippen molar-refractivity contribution in [2.75, 3.05) is 7.05 Å². The van der Waals surface area contributed by atoms with Crippen molar-refractivity contribution in [3.8, 4) is 5.75 Å². The SMILES string of the molecule is CNC(c1cncc(OC(C)C)c1)c1cccc(C)c1Br. The second-order valence-corrected chi connectivity index (χ2v) is 6.11. The van der Waals surface area contributed by atoms with Gasteiger partial charge in [0.2, 0.25) is 0 Å². The van der Waals surface area contributed by atoms with Gasteiger partial charge in [-0.1, -0.05) is 34.1 Å². The highest BCUT2D eigenvalue weighted by molar-refractivity contribution is 9.10. The lowest BCUT2D eigenvalue weighted by Gasteiger charge is -2.20. The van der Waals surface area contributed by atoms with Gasteiger partial charge in [-0.25, -0.2) is 0 Å². The Morgan fingerprint density at radius 3 is 2.67 bits per heavy atom. The number of halogens is 1. The first kappa shape index (κ1) is 16.0. The van der Waals surface area contributed by atoms with Gasteiger partial charge in [-0.2, -0.15) is 0 Å². The number of hydrogen-bond donors (Lipinski definition) is 1. The fourth-order valence-electron chi connectivity index (χ4n) is 2.32. The van der Waals surface area contributed by atoms with E-state index in [1.54, 1.807) is 6.20 Å². The number of rotatable bonds is 5. The molecule has 0 saturated carbocycles. The van der Waals surface area contributed by atoms with Gasteiger partial charge >= 0.3 is 0 Å². The van der Waals surface area contributed by atoms with Gasteiger partial charge in [-0.05, 0) is 50.6 Å². The smallest absolute Gasteiger partial charge is 0.138 e. The zero-order valence-corrected chi connectivity index (χ0v) is 14.4. The molecule has 0 aliphatic rings. The average Bonchev–Trinajstić information content (AvgIpc) is 2.44. The van der Waals surface area contributed by atoms with Crippen LogP contribution in [0.1, 0.15) is 36.6 Å². The van der Waals surface area contributed by atoms with Crippen LogP contribution in [0, 0.1) is 6.92 Å². The molecule has 4 heteroatoms. The fraction of sp³-hybridized carbons (Fsp3) is 0.353. The average molecular weight is 349 g/mol. The highest BCUT2D eigenvalue weighted by atomic mass is 79.9. The zero-order chi connectivity index (χ0) is 15.4. The number of nitrogens with zero attached hydrogens (tertiary/aromatic N) is 1. The molecule has 0 fully saturated rings. The van der Waals surface area contributed by atoms with Crippen molar-refractivity contribution < 1.29 is 4.74 Å². The van der Waals surface area contributed by atoms with Crippen LogP contribution in [0.2, 0.25) is 0 Å². The fourth-order valence-corrected chi connectivity index (χ4v) is 2.82. The topological polar surface area (TPSA) is 34.2 Å². The van der Waals surface area contributed by atoms with Gasteiger partial charge in [0.25, 0.3) is 0 Å². The molecule has 1 unspecified atom stereocenters. The molecule has 21 heavy (non-hydrogen) atoms. The van der Waals surface area contributed by atoms with Crippen LogP contribution >= 0.6 is 15.9 Å². The van der Waals surface area contributed by atoms with E-state index in [1.807, 2.05) is 33.2 Å². The van der Waals surface area contributed by atoms with Gasteiger partial charge in [0.05, 0.1) is 18.3 Å². The van der Waals surface area contributed by atoms with E-state index in [0.717, 1.165) is 15.8 Å². The summed E-state index contributed by atoms with van der Waals surface area (Å²) in [5, 5.41) is 3.36. The minimum absolute atomic E-state index is 0.0717. The lowest BCUT2D eigenvalue weighted by molar-refractivity contribution is 0.241. The van der Waals surface area contributed by atoms with Crippen LogP contribution in [0.25, 0.3) is 0 Å². The van der Waals surface area contributed by atoms with Crippen LogP contribution in [-0.4, -0.2) is 18.1 Å². The predicted molar refractivity (Wildman–Crippen MR) is 89.8 cm³/mol. The Balaban J connectivity index is 2.39. The van der Waals surface area contributed by atoms with Crippen LogP contribution in [0.15, 0.2) is 41.1 Å². The molecule has 1 atom stereocenters. The summed E-state index contributed by atoms with van der Waals surface area (Å²) in [4.78, 5) is 4.30. The zero-order valence-electron chi connectivity index (χ0n) is 12.9. The largest absolute Gasteiger partial charge is 0.489 e. The summed E-state index contributed by atoms with van der Waals surface area (Å²) >= 11 is 3.69. The molecule has 0 aliphatic heterocycles. The van der Waals surface area contributed by atoms with Gasteiger partial charge in [0, 0.05) is 10.7 Å². The maximum absolute atomic E-state index is 5.74. The van der Waals surface area contributed by atoms with Crippen LogP contribution in [0.5, 0.6) is 5.75 Å². The molecule has 0 spiro atoms. The maximum atomic E-state index is 5.74. The molecular formula is C17H21BrN2O. The third kappa shape index (κ3) is 3.83. The van der Waals surface area contributed by atoms with Crippen LogP contribution in [-0.2, 0) is 0 Å². The number of pyridine rings is 1. The summed E-state index contributed by atoms with van der Waals surface area (Å²) in [6.45, 7) is 6.12. The van der Waals surface area contributed by atoms with Crippen molar-refractivity contribution in [3.05, 3.63) is 57.8 Å². The second kappa shape index (κ2) is 7.05. The molecule has 1 N–H and O–H groups in total. The van der Waals surface area contributed by atoms with E-state index in [4.69, 9.17) is 4.74 Å². The first-order valence-electron chi connectivity index (χ1n) is 7.06. The molecular weight excluding hydrogens is 328 g/mol.